The third-order valence-corrected chi connectivity index (χ3v) is 4.82. The summed E-state index contributed by atoms with van der Waals surface area (Å²) < 4.78 is 7.22. The van der Waals surface area contributed by atoms with Crippen LogP contribution in [0.5, 0.6) is 0 Å². The van der Waals surface area contributed by atoms with Crippen molar-refractivity contribution in [3.05, 3.63) is 12.4 Å². The minimum Gasteiger partial charge on any atom is -0.465 e. The van der Waals surface area contributed by atoms with Crippen molar-refractivity contribution in [1.82, 2.24) is 14.9 Å². The van der Waals surface area contributed by atoms with Crippen molar-refractivity contribution in [2.75, 3.05) is 19.4 Å². The summed E-state index contributed by atoms with van der Waals surface area (Å²) in [5.41, 5.74) is -0.577. The summed E-state index contributed by atoms with van der Waals surface area (Å²) in [6, 6.07) is 0. The first-order valence-electron chi connectivity index (χ1n) is 6.60. The number of aromatic nitrogens is 2. The van der Waals surface area contributed by atoms with E-state index in [4.69, 9.17) is 4.74 Å². The Kier molecular flexibility index (Phi) is 4.52. The van der Waals surface area contributed by atoms with Crippen LogP contribution in [0, 0.1) is 5.92 Å². The SMILES string of the molecule is CCOC(=O)C(CSc1nccn1C)(NC)C1CC1. The van der Waals surface area contributed by atoms with Gasteiger partial charge in [0.25, 0.3) is 0 Å². The molecule has 1 aromatic rings. The number of likely N-dealkylation sites (N-methyl/N-ethyl adjacent to an activating group) is 1. The van der Waals surface area contributed by atoms with Gasteiger partial charge in [0.2, 0.25) is 0 Å². The molecule has 1 N–H and O–H groups in total. The first kappa shape index (κ1) is 14.4. The van der Waals surface area contributed by atoms with Gasteiger partial charge in [0.1, 0.15) is 5.54 Å². The molecule has 2 rings (SSSR count). The number of carbonyl (C=O) groups is 1. The fraction of sp³-hybridized carbons (Fsp3) is 0.692. The molecule has 0 aliphatic heterocycles. The van der Waals surface area contributed by atoms with Gasteiger partial charge in [0.15, 0.2) is 5.16 Å². The quantitative estimate of drug-likeness (QED) is 0.606. The van der Waals surface area contributed by atoms with Crippen molar-refractivity contribution >= 4 is 17.7 Å². The monoisotopic (exact) mass is 283 g/mol. The summed E-state index contributed by atoms with van der Waals surface area (Å²) in [5.74, 6) is 0.892. The smallest absolute Gasteiger partial charge is 0.327 e. The number of aryl methyl sites for hydroxylation is 1. The maximum Gasteiger partial charge on any atom is 0.327 e. The van der Waals surface area contributed by atoms with E-state index in [1.165, 1.54) is 0 Å². The number of rotatable bonds is 7. The molecule has 1 heterocycles. The average Bonchev–Trinajstić information content (AvgIpc) is 3.16. The number of nitrogens with zero attached hydrogens (tertiary/aromatic N) is 2. The van der Waals surface area contributed by atoms with Crippen molar-refractivity contribution in [2.24, 2.45) is 13.0 Å². The molecular weight excluding hydrogens is 262 g/mol. The van der Waals surface area contributed by atoms with E-state index in [0.29, 0.717) is 18.3 Å². The molecule has 0 bridgehead atoms. The minimum atomic E-state index is -0.577. The van der Waals surface area contributed by atoms with Gasteiger partial charge in [-0.1, -0.05) is 11.8 Å². The summed E-state index contributed by atoms with van der Waals surface area (Å²) >= 11 is 1.60. The van der Waals surface area contributed by atoms with Crippen molar-refractivity contribution in [1.29, 1.82) is 0 Å². The van der Waals surface area contributed by atoms with Gasteiger partial charge in [-0.15, -0.1) is 0 Å². The van der Waals surface area contributed by atoms with Gasteiger partial charge in [-0.25, -0.2) is 4.98 Å². The molecule has 6 heteroatoms. The molecule has 0 spiro atoms. The lowest BCUT2D eigenvalue weighted by atomic mass is 9.96. The highest BCUT2D eigenvalue weighted by molar-refractivity contribution is 7.99. The number of nitrogens with one attached hydrogen (secondary N) is 1. The van der Waals surface area contributed by atoms with E-state index in [0.717, 1.165) is 18.0 Å². The summed E-state index contributed by atoms with van der Waals surface area (Å²) in [6.45, 7) is 2.26. The number of esters is 1. The van der Waals surface area contributed by atoms with Gasteiger partial charge in [-0.3, -0.25) is 4.79 Å². The van der Waals surface area contributed by atoms with E-state index in [1.54, 1.807) is 18.0 Å². The highest BCUT2D eigenvalue weighted by Gasteiger charge is 2.51. The van der Waals surface area contributed by atoms with Crippen molar-refractivity contribution < 1.29 is 9.53 Å². The van der Waals surface area contributed by atoms with E-state index < -0.39 is 5.54 Å². The van der Waals surface area contributed by atoms with Crippen LogP contribution in [0.2, 0.25) is 0 Å². The highest BCUT2D eigenvalue weighted by atomic mass is 32.2. The fourth-order valence-electron chi connectivity index (χ4n) is 2.23. The zero-order chi connectivity index (χ0) is 13.9. The normalized spacial score (nSPS) is 18.1. The largest absolute Gasteiger partial charge is 0.465 e. The average molecular weight is 283 g/mol. The number of hydrogen-bond acceptors (Lipinski definition) is 5. The summed E-state index contributed by atoms with van der Waals surface area (Å²) in [5, 5.41) is 4.13. The molecule has 1 aromatic heterocycles. The first-order chi connectivity index (χ1) is 9.14. The second-order valence-corrected chi connectivity index (χ2v) is 5.77. The van der Waals surface area contributed by atoms with Gasteiger partial charge in [0, 0.05) is 25.2 Å². The van der Waals surface area contributed by atoms with Gasteiger partial charge in [-0.2, -0.15) is 0 Å². The molecule has 0 saturated heterocycles. The van der Waals surface area contributed by atoms with Crippen LogP contribution < -0.4 is 5.32 Å². The lowest BCUT2D eigenvalue weighted by Crippen LogP contribution is -2.55. The molecule has 19 heavy (non-hydrogen) atoms. The van der Waals surface area contributed by atoms with Crippen LogP contribution in [0.1, 0.15) is 19.8 Å². The standard InChI is InChI=1S/C13H21N3O2S/c1-4-18-11(17)13(14-2,10-5-6-10)9-19-12-15-7-8-16(12)3/h7-8,10,14H,4-6,9H2,1-3H3. The second-order valence-electron chi connectivity index (χ2n) is 4.83. The summed E-state index contributed by atoms with van der Waals surface area (Å²) in [7, 11) is 3.80. The number of carbonyl (C=O) groups excluding carboxylic acids is 1. The van der Waals surface area contributed by atoms with Crippen LogP contribution in [0.4, 0.5) is 0 Å². The van der Waals surface area contributed by atoms with Crippen LogP contribution in [0.25, 0.3) is 0 Å². The van der Waals surface area contributed by atoms with E-state index in [-0.39, 0.29) is 5.97 Å². The summed E-state index contributed by atoms with van der Waals surface area (Å²) in [6.07, 6.45) is 5.84. The molecule has 1 fully saturated rings. The maximum atomic E-state index is 12.3. The van der Waals surface area contributed by atoms with Crippen LogP contribution in [0.3, 0.4) is 0 Å². The van der Waals surface area contributed by atoms with Crippen LogP contribution in [-0.4, -0.2) is 40.5 Å². The predicted molar refractivity (Wildman–Crippen MR) is 75.1 cm³/mol. The lowest BCUT2D eigenvalue weighted by molar-refractivity contribution is -0.150. The zero-order valence-electron chi connectivity index (χ0n) is 11.7. The lowest BCUT2D eigenvalue weighted by Gasteiger charge is -2.30. The Bertz CT molecular complexity index is 445. The van der Waals surface area contributed by atoms with Gasteiger partial charge in [0.05, 0.1) is 6.61 Å². The number of ether oxygens (including phenoxy) is 1. The van der Waals surface area contributed by atoms with Crippen LogP contribution in [-0.2, 0) is 16.6 Å². The number of hydrogen-bond donors (Lipinski definition) is 1. The number of thioether (sulfide) groups is 1. The maximum absolute atomic E-state index is 12.3. The van der Waals surface area contributed by atoms with Crippen LogP contribution in [0.15, 0.2) is 17.6 Å². The molecule has 5 nitrogen and oxygen atoms in total. The summed E-state index contributed by atoms with van der Waals surface area (Å²) in [4.78, 5) is 16.6. The third-order valence-electron chi connectivity index (χ3n) is 3.57. The van der Waals surface area contributed by atoms with Crippen molar-refractivity contribution in [2.45, 2.75) is 30.5 Å². The Hall–Kier alpha value is -1.01. The highest BCUT2D eigenvalue weighted by Crippen LogP contribution is 2.42. The van der Waals surface area contributed by atoms with Gasteiger partial charge < -0.3 is 14.6 Å². The van der Waals surface area contributed by atoms with Crippen molar-refractivity contribution in [3.63, 3.8) is 0 Å². The van der Waals surface area contributed by atoms with Gasteiger partial charge >= 0.3 is 5.97 Å². The Labute approximate surface area is 118 Å². The fourth-order valence-corrected chi connectivity index (χ4v) is 3.48. The first-order valence-corrected chi connectivity index (χ1v) is 7.59. The predicted octanol–water partition coefficient (Wildman–Crippen LogP) is 1.44. The van der Waals surface area contributed by atoms with Crippen LogP contribution >= 0.6 is 11.8 Å². The molecule has 1 atom stereocenters. The molecule has 0 radical (unpaired) electrons. The molecule has 1 aliphatic carbocycles. The van der Waals surface area contributed by atoms with E-state index in [9.17, 15) is 4.79 Å². The Balaban J connectivity index is 2.09. The minimum absolute atomic E-state index is 0.137. The van der Waals surface area contributed by atoms with E-state index >= 15 is 0 Å². The van der Waals surface area contributed by atoms with E-state index in [2.05, 4.69) is 10.3 Å². The topological polar surface area (TPSA) is 56.1 Å². The van der Waals surface area contributed by atoms with Crippen molar-refractivity contribution in [3.8, 4) is 0 Å². The van der Waals surface area contributed by atoms with E-state index in [1.807, 2.05) is 31.8 Å². The Morgan fingerprint density at radius 3 is 2.89 bits per heavy atom. The molecule has 1 aliphatic rings. The zero-order valence-corrected chi connectivity index (χ0v) is 12.5. The molecular formula is C13H21N3O2S. The third kappa shape index (κ3) is 2.95. The molecule has 0 aromatic carbocycles. The Morgan fingerprint density at radius 1 is 1.68 bits per heavy atom. The second kappa shape index (κ2) is 5.96. The Morgan fingerprint density at radius 2 is 2.42 bits per heavy atom. The number of imidazole rings is 1. The molecule has 1 unspecified atom stereocenters. The molecule has 106 valence electrons. The molecule has 1 saturated carbocycles. The van der Waals surface area contributed by atoms with Gasteiger partial charge in [-0.05, 0) is 32.7 Å². The molecule has 0 amide bonds.